The maximum Gasteiger partial charge on any atom is 0.138 e. The standard InChI is InChI=1S/C14H10ClFN2/c15-7-9-8-17-14(18-9)12-5-6-13(16)11-4-2-1-3-10(11)12/h1-6,8H,7H2,(H,17,18). The third kappa shape index (κ3) is 1.77. The Bertz CT molecular complexity index is 706. The molecule has 0 amide bonds. The van der Waals surface area contributed by atoms with Crippen molar-refractivity contribution in [3.63, 3.8) is 0 Å². The molecule has 0 saturated heterocycles. The minimum absolute atomic E-state index is 0.224. The van der Waals surface area contributed by atoms with E-state index in [2.05, 4.69) is 9.97 Å². The Balaban J connectivity index is 2.26. The van der Waals surface area contributed by atoms with Crippen molar-refractivity contribution in [2.45, 2.75) is 5.88 Å². The topological polar surface area (TPSA) is 28.7 Å². The SMILES string of the molecule is Fc1ccc(-c2ncc(CCl)[nH]2)c2ccccc12. The maximum absolute atomic E-state index is 13.7. The Morgan fingerprint density at radius 3 is 2.61 bits per heavy atom. The first kappa shape index (κ1) is 11.2. The lowest BCUT2D eigenvalue weighted by molar-refractivity contribution is 0.640. The summed E-state index contributed by atoms with van der Waals surface area (Å²) in [4.78, 5) is 7.40. The van der Waals surface area contributed by atoms with E-state index in [4.69, 9.17) is 11.6 Å². The van der Waals surface area contributed by atoms with Gasteiger partial charge in [0, 0.05) is 22.8 Å². The molecule has 0 fully saturated rings. The lowest BCUT2D eigenvalue weighted by Crippen LogP contribution is -1.87. The molecule has 0 aliphatic heterocycles. The number of fused-ring (bicyclic) bond motifs is 1. The molecule has 0 aliphatic carbocycles. The van der Waals surface area contributed by atoms with E-state index in [-0.39, 0.29) is 5.82 Å². The molecular weight excluding hydrogens is 251 g/mol. The molecule has 3 aromatic rings. The Hall–Kier alpha value is -1.87. The van der Waals surface area contributed by atoms with E-state index in [1.807, 2.05) is 18.2 Å². The highest BCUT2D eigenvalue weighted by atomic mass is 35.5. The van der Waals surface area contributed by atoms with Gasteiger partial charge in [-0.25, -0.2) is 9.37 Å². The lowest BCUT2D eigenvalue weighted by Gasteiger charge is -2.04. The van der Waals surface area contributed by atoms with Crippen molar-refractivity contribution in [2.24, 2.45) is 0 Å². The molecule has 0 radical (unpaired) electrons. The van der Waals surface area contributed by atoms with Gasteiger partial charge in [0.1, 0.15) is 11.6 Å². The van der Waals surface area contributed by atoms with Crippen LogP contribution in [0.2, 0.25) is 0 Å². The number of halogens is 2. The van der Waals surface area contributed by atoms with Gasteiger partial charge in [-0.1, -0.05) is 24.3 Å². The third-order valence-electron chi connectivity index (χ3n) is 2.90. The fourth-order valence-corrected chi connectivity index (χ4v) is 2.17. The molecule has 2 nitrogen and oxygen atoms in total. The number of nitrogens with zero attached hydrogens (tertiary/aromatic N) is 1. The van der Waals surface area contributed by atoms with Crippen LogP contribution in [0.3, 0.4) is 0 Å². The zero-order valence-corrected chi connectivity index (χ0v) is 10.2. The Morgan fingerprint density at radius 2 is 1.89 bits per heavy atom. The summed E-state index contributed by atoms with van der Waals surface area (Å²) >= 11 is 5.74. The lowest BCUT2D eigenvalue weighted by atomic mass is 10.0. The van der Waals surface area contributed by atoms with Gasteiger partial charge in [0.25, 0.3) is 0 Å². The van der Waals surface area contributed by atoms with E-state index in [9.17, 15) is 4.39 Å². The number of aromatic amines is 1. The number of nitrogens with one attached hydrogen (secondary N) is 1. The number of benzene rings is 2. The second-order valence-corrected chi connectivity index (χ2v) is 4.30. The fraction of sp³-hybridized carbons (Fsp3) is 0.0714. The van der Waals surface area contributed by atoms with Crippen LogP contribution in [0.15, 0.2) is 42.6 Å². The number of rotatable bonds is 2. The minimum atomic E-state index is -0.224. The number of imidazole rings is 1. The summed E-state index contributed by atoms with van der Waals surface area (Å²) < 4.78 is 13.7. The van der Waals surface area contributed by atoms with E-state index >= 15 is 0 Å². The Labute approximate surface area is 108 Å². The predicted molar refractivity (Wildman–Crippen MR) is 71.0 cm³/mol. The summed E-state index contributed by atoms with van der Waals surface area (Å²) in [6.07, 6.45) is 1.69. The van der Waals surface area contributed by atoms with E-state index in [0.29, 0.717) is 17.1 Å². The molecular formula is C14H10ClFN2. The minimum Gasteiger partial charge on any atom is -0.341 e. The predicted octanol–water partition coefficient (Wildman–Crippen LogP) is 4.11. The van der Waals surface area contributed by atoms with Crippen LogP contribution in [0.5, 0.6) is 0 Å². The van der Waals surface area contributed by atoms with Gasteiger partial charge >= 0.3 is 0 Å². The molecule has 0 unspecified atom stereocenters. The van der Waals surface area contributed by atoms with E-state index in [1.165, 1.54) is 6.07 Å². The van der Waals surface area contributed by atoms with Gasteiger partial charge in [0.05, 0.1) is 5.88 Å². The first-order valence-corrected chi connectivity index (χ1v) is 6.10. The van der Waals surface area contributed by atoms with Crippen LogP contribution in [0, 0.1) is 5.82 Å². The van der Waals surface area contributed by atoms with Gasteiger partial charge < -0.3 is 4.98 Å². The molecule has 2 aromatic carbocycles. The van der Waals surface area contributed by atoms with Crippen molar-refractivity contribution in [3.05, 3.63) is 54.1 Å². The molecule has 1 heterocycles. The second kappa shape index (κ2) is 4.42. The van der Waals surface area contributed by atoms with E-state index < -0.39 is 0 Å². The summed E-state index contributed by atoms with van der Waals surface area (Å²) in [5.74, 6) is 0.867. The zero-order chi connectivity index (χ0) is 12.5. The molecule has 18 heavy (non-hydrogen) atoms. The average molecular weight is 261 g/mol. The Morgan fingerprint density at radius 1 is 1.11 bits per heavy atom. The van der Waals surface area contributed by atoms with Crippen LogP contribution in [0.25, 0.3) is 22.2 Å². The van der Waals surface area contributed by atoms with Crippen molar-refractivity contribution in [3.8, 4) is 11.4 Å². The average Bonchev–Trinajstić information content (AvgIpc) is 2.88. The van der Waals surface area contributed by atoms with Crippen molar-refractivity contribution >= 4 is 22.4 Å². The highest BCUT2D eigenvalue weighted by Crippen LogP contribution is 2.28. The normalized spacial score (nSPS) is 11.0. The smallest absolute Gasteiger partial charge is 0.138 e. The van der Waals surface area contributed by atoms with Crippen LogP contribution in [0.4, 0.5) is 4.39 Å². The number of hydrogen-bond acceptors (Lipinski definition) is 1. The largest absolute Gasteiger partial charge is 0.341 e. The molecule has 1 aromatic heterocycles. The first-order valence-electron chi connectivity index (χ1n) is 5.57. The highest BCUT2D eigenvalue weighted by Gasteiger charge is 2.09. The molecule has 0 bridgehead atoms. The zero-order valence-electron chi connectivity index (χ0n) is 9.45. The summed E-state index contributed by atoms with van der Waals surface area (Å²) in [5, 5.41) is 1.44. The van der Waals surface area contributed by atoms with Crippen LogP contribution in [-0.2, 0) is 5.88 Å². The van der Waals surface area contributed by atoms with E-state index in [1.54, 1.807) is 18.3 Å². The summed E-state index contributed by atoms with van der Waals surface area (Å²) in [7, 11) is 0. The summed E-state index contributed by atoms with van der Waals surface area (Å²) in [5.41, 5.74) is 1.73. The highest BCUT2D eigenvalue weighted by molar-refractivity contribution is 6.16. The number of H-pyrrole nitrogens is 1. The fourth-order valence-electron chi connectivity index (χ4n) is 2.03. The summed E-state index contributed by atoms with van der Waals surface area (Å²) in [6.45, 7) is 0. The van der Waals surface area contributed by atoms with Gasteiger partial charge in [-0.05, 0) is 17.5 Å². The van der Waals surface area contributed by atoms with Crippen molar-refractivity contribution in [1.82, 2.24) is 9.97 Å². The van der Waals surface area contributed by atoms with E-state index in [0.717, 1.165) is 16.6 Å². The molecule has 0 saturated carbocycles. The Kier molecular flexibility index (Phi) is 2.76. The molecule has 4 heteroatoms. The molecule has 1 N–H and O–H groups in total. The molecule has 0 aliphatic rings. The van der Waals surface area contributed by atoms with Gasteiger partial charge in [0.15, 0.2) is 0 Å². The van der Waals surface area contributed by atoms with Crippen LogP contribution in [-0.4, -0.2) is 9.97 Å². The number of hydrogen-bond donors (Lipinski definition) is 1. The quantitative estimate of drug-likeness (QED) is 0.690. The van der Waals surface area contributed by atoms with Crippen molar-refractivity contribution < 1.29 is 4.39 Å². The number of aromatic nitrogens is 2. The maximum atomic E-state index is 13.7. The number of alkyl halides is 1. The van der Waals surface area contributed by atoms with Crippen LogP contribution in [0.1, 0.15) is 5.69 Å². The van der Waals surface area contributed by atoms with Gasteiger partial charge in [0.2, 0.25) is 0 Å². The van der Waals surface area contributed by atoms with Gasteiger partial charge in [-0.15, -0.1) is 11.6 Å². The van der Waals surface area contributed by atoms with Gasteiger partial charge in [-0.2, -0.15) is 0 Å². The second-order valence-electron chi connectivity index (χ2n) is 4.03. The van der Waals surface area contributed by atoms with Crippen LogP contribution < -0.4 is 0 Å². The summed E-state index contributed by atoms with van der Waals surface area (Å²) in [6, 6.07) is 10.5. The molecule has 90 valence electrons. The van der Waals surface area contributed by atoms with Crippen molar-refractivity contribution in [1.29, 1.82) is 0 Å². The monoisotopic (exact) mass is 260 g/mol. The molecule has 3 rings (SSSR count). The third-order valence-corrected chi connectivity index (χ3v) is 3.19. The van der Waals surface area contributed by atoms with Crippen molar-refractivity contribution in [2.75, 3.05) is 0 Å². The van der Waals surface area contributed by atoms with Gasteiger partial charge in [-0.3, -0.25) is 0 Å². The first-order chi connectivity index (χ1) is 8.79. The molecule has 0 atom stereocenters. The molecule has 0 spiro atoms. The van der Waals surface area contributed by atoms with Crippen LogP contribution >= 0.6 is 11.6 Å².